The number of fused-ring (bicyclic) bond motifs is 2. The van der Waals surface area contributed by atoms with E-state index in [0.29, 0.717) is 17.8 Å². The Labute approximate surface area is 203 Å². The number of piperidine rings is 1. The van der Waals surface area contributed by atoms with Gasteiger partial charge in [-0.2, -0.15) is 5.10 Å². The number of primary amides is 1. The van der Waals surface area contributed by atoms with Crippen LogP contribution in [0.2, 0.25) is 0 Å². The molecule has 3 aromatic rings. The van der Waals surface area contributed by atoms with Crippen molar-refractivity contribution in [1.82, 2.24) is 9.78 Å². The number of hydrogen-bond acceptors (Lipinski definition) is 5. The molecule has 2 aromatic carbocycles. The molecule has 1 saturated heterocycles. The summed E-state index contributed by atoms with van der Waals surface area (Å²) in [6, 6.07) is 15.5. The molecule has 6 rings (SSSR count). The number of nitrogens with zero attached hydrogens (tertiary/aromatic N) is 4. The minimum atomic E-state index is -0.607. The summed E-state index contributed by atoms with van der Waals surface area (Å²) in [5.74, 6) is -0.797. The van der Waals surface area contributed by atoms with E-state index in [1.54, 1.807) is 9.58 Å². The Kier molecular flexibility index (Phi) is 4.96. The molecule has 2 amide bonds. The second-order valence-electron chi connectivity index (χ2n) is 10.0. The van der Waals surface area contributed by atoms with Gasteiger partial charge >= 0.3 is 0 Å². The summed E-state index contributed by atoms with van der Waals surface area (Å²) in [5, 5.41) is 14.9. The van der Waals surface area contributed by atoms with Crippen molar-refractivity contribution in [1.29, 1.82) is 0 Å². The van der Waals surface area contributed by atoms with Crippen LogP contribution in [0.25, 0.3) is 5.69 Å². The zero-order valence-electron chi connectivity index (χ0n) is 19.8. The largest absolute Gasteiger partial charge is 0.374 e. The van der Waals surface area contributed by atoms with Crippen LogP contribution in [0.3, 0.4) is 0 Å². The van der Waals surface area contributed by atoms with Crippen molar-refractivity contribution in [3.63, 3.8) is 0 Å². The van der Waals surface area contributed by atoms with E-state index in [1.807, 2.05) is 60.4 Å². The van der Waals surface area contributed by atoms with Crippen molar-refractivity contribution in [2.45, 2.75) is 50.7 Å². The topological polar surface area (TPSA) is 105 Å². The van der Waals surface area contributed by atoms with Gasteiger partial charge in [0, 0.05) is 35.4 Å². The van der Waals surface area contributed by atoms with Crippen molar-refractivity contribution < 1.29 is 14.7 Å². The fourth-order valence-electron chi connectivity index (χ4n) is 5.62. The summed E-state index contributed by atoms with van der Waals surface area (Å²) in [5.41, 5.74) is 10.2. The highest BCUT2D eigenvalue weighted by atomic mass is 16.3. The SMILES string of the molecule is Cc1cccc(-n2nc(C(N)=O)c3c2C(=O)N(c2ccc(N4CCCCC4O)cc2)CC32CC2)c1. The van der Waals surface area contributed by atoms with E-state index in [1.165, 1.54) is 0 Å². The van der Waals surface area contributed by atoms with Gasteiger partial charge in [-0.3, -0.25) is 9.59 Å². The molecule has 0 bridgehead atoms. The van der Waals surface area contributed by atoms with Crippen molar-refractivity contribution in [2.24, 2.45) is 5.73 Å². The Hall–Kier alpha value is -3.65. The number of benzene rings is 2. The predicted octanol–water partition coefficient (Wildman–Crippen LogP) is 3.28. The van der Waals surface area contributed by atoms with E-state index in [2.05, 4.69) is 5.10 Å². The third kappa shape index (κ3) is 3.51. The van der Waals surface area contributed by atoms with Crippen LogP contribution in [-0.4, -0.2) is 46.0 Å². The maximum Gasteiger partial charge on any atom is 0.277 e. The van der Waals surface area contributed by atoms with E-state index in [9.17, 15) is 14.7 Å². The number of carbonyl (C=O) groups is 2. The Bertz CT molecular complexity index is 1330. The molecular formula is C27H29N5O3. The molecule has 3 N–H and O–H groups in total. The predicted molar refractivity (Wildman–Crippen MR) is 133 cm³/mol. The number of carbonyl (C=O) groups excluding carboxylic acids is 2. The average molecular weight is 472 g/mol. The van der Waals surface area contributed by atoms with Crippen LogP contribution in [0.1, 0.15) is 64.2 Å². The van der Waals surface area contributed by atoms with Crippen molar-refractivity contribution in [2.75, 3.05) is 22.9 Å². The molecule has 8 heteroatoms. The molecule has 1 aromatic heterocycles. The highest BCUT2D eigenvalue weighted by molar-refractivity contribution is 6.10. The molecule has 35 heavy (non-hydrogen) atoms. The first-order valence-corrected chi connectivity index (χ1v) is 12.2. The number of aliphatic hydroxyl groups is 1. The monoisotopic (exact) mass is 471 g/mol. The van der Waals surface area contributed by atoms with Gasteiger partial charge in [0.15, 0.2) is 5.69 Å². The summed E-state index contributed by atoms with van der Waals surface area (Å²) >= 11 is 0. The van der Waals surface area contributed by atoms with Gasteiger partial charge in [0.1, 0.15) is 11.9 Å². The Morgan fingerprint density at radius 2 is 1.83 bits per heavy atom. The molecule has 3 aliphatic rings. The Morgan fingerprint density at radius 3 is 2.49 bits per heavy atom. The normalized spacial score (nSPS) is 20.7. The molecule has 1 spiro atoms. The van der Waals surface area contributed by atoms with E-state index < -0.39 is 12.1 Å². The molecule has 2 aliphatic heterocycles. The summed E-state index contributed by atoms with van der Waals surface area (Å²) in [6.07, 6.45) is 4.13. The fourth-order valence-corrected chi connectivity index (χ4v) is 5.62. The molecule has 8 nitrogen and oxygen atoms in total. The number of aryl methyl sites for hydroxylation is 1. The highest BCUT2D eigenvalue weighted by Crippen LogP contribution is 2.54. The molecule has 1 saturated carbocycles. The Balaban J connectivity index is 1.42. The number of nitrogens with two attached hydrogens (primary N) is 1. The maximum absolute atomic E-state index is 13.9. The van der Waals surface area contributed by atoms with Gasteiger partial charge < -0.3 is 20.6 Å². The lowest BCUT2D eigenvalue weighted by Crippen LogP contribution is -2.45. The van der Waals surface area contributed by atoms with Crippen LogP contribution in [0.15, 0.2) is 48.5 Å². The summed E-state index contributed by atoms with van der Waals surface area (Å²) < 4.78 is 1.59. The summed E-state index contributed by atoms with van der Waals surface area (Å²) in [4.78, 5) is 30.1. The smallest absolute Gasteiger partial charge is 0.277 e. The van der Waals surface area contributed by atoms with Crippen LogP contribution < -0.4 is 15.5 Å². The maximum atomic E-state index is 13.9. The molecule has 2 fully saturated rings. The number of rotatable bonds is 4. The third-order valence-electron chi connectivity index (χ3n) is 7.62. The summed E-state index contributed by atoms with van der Waals surface area (Å²) in [6.45, 7) is 3.29. The van der Waals surface area contributed by atoms with Crippen LogP contribution >= 0.6 is 0 Å². The standard InChI is InChI=1S/C27H29N5O3/c1-17-5-4-6-20(15-17)32-24-22(23(29-32)25(28)34)27(12-13-27)16-31(26(24)35)19-10-8-18(9-11-19)30-14-3-2-7-21(30)33/h4-6,8-11,15,21,33H,2-3,7,12-14,16H2,1H3,(H2,28,34). The second kappa shape index (κ2) is 7.95. The second-order valence-corrected chi connectivity index (χ2v) is 10.0. The van der Waals surface area contributed by atoms with Crippen LogP contribution in [0.5, 0.6) is 0 Å². The zero-order valence-corrected chi connectivity index (χ0v) is 19.8. The van der Waals surface area contributed by atoms with Gasteiger partial charge in [-0.25, -0.2) is 4.68 Å². The van der Waals surface area contributed by atoms with Gasteiger partial charge in [-0.1, -0.05) is 12.1 Å². The van der Waals surface area contributed by atoms with E-state index in [-0.39, 0.29) is 17.0 Å². The molecule has 0 radical (unpaired) electrons. The molecule has 1 unspecified atom stereocenters. The van der Waals surface area contributed by atoms with Gasteiger partial charge in [0.25, 0.3) is 11.8 Å². The van der Waals surface area contributed by atoms with Crippen molar-refractivity contribution in [3.05, 3.63) is 71.0 Å². The third-order valence-corrected chi connectivity index (χ3v) is 7.62. The number of amides is 2. The van der Waals surface area contributed by atoms with Crippen LogP contribution in [0.4, 0.5) is 11.4 Å². The van der Waals surface area contributed by atoms with Crippen LogP contribution in [0, 0.1) is 6.92 Å². The molecular weight excluding hydrogens is 442 g/mol. The van der Waals surface area contributed by atoms with Gasteiger partial charge in [0.05, 0.1) is 5.69 Å². The lowest BCUT2D eigenvalue weighted by molar-refractivity contribution is 0.0966. The van der Waals surface area contributed by atoms with Gasteiger partial charge in [-0.15, -0.1) is 0 Å². The first-order chi connectivity index (χ1) is 16.9. The minimum Gasteiger partial charge on any atom is -0.374 e. The number of anilines is 2. The van der Waals surface area contributed by atoms with Crippen molar-refractivity contribution in [3.8, 4) is 5.69 Å². The lowest BCUT2D eigenvalue weighted by Gasteiger charge is -2.35. The van der Waals surface area contributed by atoms with Gasteiger partial charge in [-0.05, 0) is 81.0 Å². The Morgan fingerprint density at radius 1 is 1.09 bits per heavy atom. The quantitative estimate of drug-likeness (QED) is 0.608. The van der Waals surface area contributed by atoms with E-state index in [0.717, 1.165) is 61.3 Å². The van der Waals surface area contributed by atoms with Crippen LogP contribution in [-0.2, 0) is 5.41 Å². The highest BCUT2D eigenvalue weighted by Gasteiger charge is 2.56. The summed E-state index contributed by atoms with van der Waals surface area (Å²) in [7, 11) is 0. The average Bonchev–Trinajstić information content (AvgIpc) is 3.49. The zero-order chi connectivity index (χ0) is 24.3. The van der Waals surface area contributed by atoms with Gasteiger partial charge in [0.2, 0.25) is 0 Å². The number of hydrogen-bond donors (Lipinski definition) is 2. The van der Waals surface area contributed by atoms with E-state index >= 15 is 0 Å². The van der Waals surface area contributed by atoms with Crippen molar-refractivity contribution >= 4 is 23.2 Å². The molecule has 1 aliphatic carbocycles. The lowest BCUT2D eigenvalue weighted by atomic mass is 9.88. The molecule has 1 atom stereocenters. The first kappa shape index (κ1) is 21.9. The number of aliphatic hydroxyl groups excluding tert-OH is 1. The molecule has 3 heterocycles. The fraction of sp³-hybridized carbons (Fsp3) is 0.370. The number of aromatic nitrogens is 2. The van der Waals surface area contributed by atoms with E-state index in [4.69, 9.17) is 5.73 Å². The molecule has 180 valence electrons. The first-order valence-electron chi connectivity index (χ1n) is 12.2. The minimum absolute atomic E-state index is 0.190.